The summed E-state index contributed by atoms with van der Waals surface area (Å²) in [6, 6.07) is 10.5. The molecule has 3 saturated heterocycles. The maximum absolute atomic E-state index is 7.21. The van der Waals surface area contributed by atoms with E-state index < -0.39 is 8.80 Å². The van der Waals surface area contributed by atoms with Gasteiger partial charge in [0.2, 0.25) is 0 Å². The fourth-order valence-electron chi connectivity index (χ4n) is 5.70. The number of rotatable bonds is 2. The summed E-state index contributed by atoms with van der Waals surface area (Å²) in [4.78, 5) is 2.50. The summed E-state index contributed by atoms with van der Waals surface area (Å²) in [6.45, 7) is 13.2. The largest absolute Gasteiger partial charge is 0.537 e. The number of nitrogens with zero attached hydrogens (tertiary/aromatic N) is 1. The molecule has 5 heteroatoms. The predicted molar refractivity (Wildman–Crippen MR) is 108 cm³/mol. The van der Waals surface area contributed by atoms with Gasteiger partial charge in [0.25, 0.3) is 0 Å². The van der Waals surface area contributed by atoms with Crippen molar-refractivity contribution >= 4 is 14.0 Å². The monoisotopic (exact) mass is 385 g/mol. The smallest absolute Gasteiger partial charge is 0.369 e. The first-order chi connectivity index (χ1) is 13.0. The van der Waals surface area contributed by atoms with E-state index in [0.717, 1.165) is 37.2 Å². The third-order valence-corrected chi connectivity index (χ3v) is 10.5. The molecule has 1 aromatic rings. The van der Waals surface area contributed by atoms with Gasteiger partial charge in [-0.3, -0.25) is 4.90 Å². The minimum Gasteiger partial charge on any atom is -0.369 e. The second-order valence-electron chi connectivity index (χ2n) is 9.29. The normalized spacial score (nSPS) is 46.2. The van der Waals surface area contributed by atoms with E-state index in [4.69, 9.17) is 13.3 Å². The molecule has 4 atom stereocenters. The van der Waals surface area contributed by atoms with Gasteiger partial charge in [-0.25, -0.2) is 0 Å². The molecular weight excluding hydrogens is 354 g/mol. The lowest BCUT2D eigenvalue weighted by Crippen LogP contribution is -2.70. The number of hydrogen-bond acceptors (Lipinski definition) is 4. The van der Waals surface area contributed by atoms with E-state index in [0.29, 0.717) is 19.1 Å². The van der Waals surface area contributed by atoms with Gasteiger partial charge < -0.3 is 13.3 Å². The molecule has 4 nitrogen and oxygen atoms in total. The quantitative estimate of drug-likeness (QED) is 0.579. The number of benzene rings is 1. The lowest BCUT2D eigenvalue weighted by molar-refractivity contribution is -0.137. The van der Waals surface area contributed by atoms with Gasteiger partial charge >= 0.3 is 8.80 Å². The van der Waals surface area contributed by atoms with Crippen molar-refractivity contribution in [1.29, 1.82) is 0 Å². The second kappa shape index (κ2) is 6.26. The zero-order valence-corrected chi connectivity index (χ0v) is 17.6. The van der Waals surface area contributed by atoms with Crippen LogP contribution in [0.5, 0.6) is 0 Å². The van der Waals surface area contributed by atoms with Crippen LogP contribution in [0.4, 0.5) is 0 Å². The molecule has 0 unspecified atom stereocenters. The van der Waals surface area contributed by atoms with Crippen LogP contribution in [0.25, 0.3) is 0 Å². The topological polar surface area (TPSA) is 30.9 Å². The Morgan fingerprint density at radius 2 is 1.85 bits per heavy atom. The molecule has 1 spiro atoms. The first-order valence-electron chi connectivity index (χ1n) is 10.4. The Labute approximate surface area is 163 Å². The average Bonchev–Trinajstić information content (AvgIpc) is 3.29. The molecule has 6 rings (SSSR count). The summed E-state index contributed by atoms with van der Waals surface area (Å²) in [5, 5.41) is 1.11. The Kier molecular flexibility index (Phi) is 4.19. The standard InChI is InChI=1S/C22H31NO3Si/c1-17(2)18-13-19-15-21(19,3)22(14-18)16-23-9-11-24-27(26-22,25-12-10-23)20-7-5-4-6-8-20/h4-8,18-19H,1,9-16H2,2-3H3/t18-,19-,21-,22+/m1/s1. The number of fused-ring (bicyclic) bond motifs is 5. The van der Waals surface area contributed by atoms with E-state index in [1.807, 2.05) is 6.07 Å². The van der Waals surface area contributed by atoms with Crippen molar-refractivity contribution in [3.05, 3.63) is 42.5 Å². The molecule has 5 fully saturated rings. The van der Waals surface area contributed by atoms with Crippen LogP contribution in [0.3, 0.4) is 0 Å². The SMILES string of the molecule is C=C(C)[C@@H]1C[C@@H]2C[C@@]2(C)[C@]2(C1)CN1CCO[Si](c3ccccc3)(OCC1)O2. The first kappa shape index (κ1) is 18.1. The van der Waals surface area contributed by atoms with E-state index in [1.165, 1.54) is 18.4 Å². The van der Waals surface area contributed by atoms with Crippen molar-refractivity contribution in [2.75, 3.05) is 32.8 Å². The van der Waals surface area contributed by atoms with Crippen molar-refractivity contribution in [3.8, 4) is 0 Å². The first-order valence-corrected chi connectivity index (χ1v) is 12.1. The Hall–Kier alpha value is -0.983. The third-order valence-electron chi connectivity index (χ3n) is 7.63. The average molecular weight is 386 g/mol. The molecule has 0 N–H and O–H groups in total. The summed E-state index contributed by atoms with van der Waals surface area (Å²) in [5.41, 5.74) is 1.32. The molecular formula is C22H31NO3Si. The van der Waals surface area contributed by atoms with Crippen LogP contribution in [0.2, 0.25) is 0 Å². The van der Waals surface area contributed by atoms with Crippen LogP contribution in [-0.2, 0) is 13.3 Å². The van der Waals surface area contributed by atoms with Crippen LogP contribution >= 0.6 is 0 Å². The predicted octanol–water partition coefficient (Wildman–Crippen LogP) is 2.96. The van der Waals surface area contributed by atoms with Gasteiger partial charge in [0.15, 0.2) is 0 Å². The lowest BCUT2D eigenvalue weighted by Gasteiger charge is -2.54. The zero-order chi connectivity index (χ0) is 18.7. The summed E-state index contributed by atoms with van der Waals surface area (Å²) >= 11 is 0. The van der Waals surface area contributed by atoms with Crippen LogP contribution in [0.1, 0.15) is 33.1 Å². The fraction of sp³-hybridized carbons (Fsp3) is 0.636. The molecule has 0 amide bonds. The maximum Gasteiger partial charge on any atom is 0.537 e. The van der Waals surface area contributed by atoms with Gasteiger partial charge in [-0.15, -0.1) is 0 Å². The zero-order valence-electron chi connectivity index (χ0n) is 16.6. The minimum atomic E-state index is -2.95. The summed E-state index contributed by atoms with van der Waals surface area (Å²) in [5.74, 6) is 1.27. The highest BCUT2D eigenvalue weighted by molar-refractivity contribution is 6.75. The highest BCUT2D eigenvalue weighted by atomic mass is 28.4. The van der Waals surface area contributed by atoms with E-state index in [-0.39, 0.29) is 11.0 Å². The van der Waals surface area contributed by atoms with Gasteiger partial charge in [0, 0.05) is 30.2 Å². The lowest BCUT2D eigenvalue weighted by atomic mass is 9.69. The molecule has 3 heterocycles. The molecule has 2 saturated carbocycles. The summed E-state index contributed by atoms with van der Waals surface area (Å²) in [7, 11) is -2.95. The van der Waals surface area contributed by atoms with E-state index in [9.17, 15) is 0 Å². The van der Waals surface area contributed by atoms with Crippen molar-refractivity contribution in [2.45, 2.75) is 38.7 Å². The maximum atomic E-state index is 7.21. The van der Waals surface area contributed by atoms with Gasteiger partial charge in [0.05, 0.1) is 18.8 Å². The van der Waals surface area contributed by atoms with E-state index in [2.05, 4.69) is 49.6 Å². The molecule has 27 heavy (non-hydrogen) atoms. The van der Waals surface area contributed by atoms with Crippen molar-refractivity contribution in [2.24, 2.45) is 17.3 Å². The van der Waals surface area contributed by atoms with Gasteiger partial charge in [0.1, 0.15) is 0 Å². The number of hydrogen-bond donors (Lipinski definition) is 0. The molecule has 2 aliphatic carbocycles. The van der Waals surface area contributed by atoms with Crippen LogP contribution in [0, 0.1) is 17.3 Å². The minimum absolute atomic E-state index is 0.206. The van der Waals surface area contributed by atoms with Gasteiger partial charge in [-0.1, -0.05) is 49.4 Å². The summed E-state index contributed by atoms with van der Waals surface area (Å²) < 4.78 is 20.2. The Morgan fingerprint density at radius 1 is 1.15 bits per heavy atom. The van der Waals surface area contributed by atoms with Gasteiger partial charge in [-0.05, 0) is 38.0 Å². The summed E-state index contributed by atoms with van der Waals surface area (Å²) in [6.07, 6.45) is 3.56. The Morgan fingerprint density at radius 3 is 2.52 bits per heavy atom. The fourth-order valence-corrected chi connectivity index (χ4v) is 8.57. The van der Waals surface area contributed by atoms with Crippen LogP contribution in [0.15, 0.2) is 42.5 Å². The van der Waals surface area contributed by atoms with Crippen molar-refractivity contribution in [1.82, 2.24) is 4.90 Å². The molecule has 146 valence electrons. The number of allylic oxidation sites excluding steroid dienone is 1. The highest BCUT2D eigenvalue weighted by Gasteiger charge is 2.70. The third kappa shape index (κ3) is 2.78. The molecule has 5 aliphatic rings. The van der Waals surface area contributed by atoms with E-state index >= 15 is 0 Å². The van der Waals surface area contributed by atoms with Crippen LogP contribution < -0.4 is 5.19 Å². The van der Waals surface area contributed by atoms with Gasteiger partial charge in [-0.2, -0.15) is 0 Å². The van der Waals surface area contributed by atoms with E-state index in [1.54, 1.807) is 0 Å². The molecule has 0 aromatic heterocycles. The Balaban J connectivity index is 1.60. The second-order valence-corrected chi connectivity index (χ2v) is 11.8. The van der Waals surface area contributed by atoms with Crippen molar-refractivity contribution in [3.63, 3.8) is 0 Å². The van der Waals surface area contributed by atoms with Crippen molar-refractivity contribution < 1.29 is 13.3 Å². The molecule has 2 bridgehead atoms. The molecule has 0 radical (unpaired) electrons. The Bertz CT molecular complexity index is 730. The molecule has 1 aromatic carbocycles. The highest BCUT2D eigenvalue weighted by Crippen LogP contribution is 2.69. The van der Waals surface area contributed by atoms with Crippen LogP contribution in [-0.4, -0.2) is 52.2 Å². The molecule has 3 aliphatic heterocycles.